The van der Waals surface area contributed by atoms with Gasteiger partial charge in [0.25, 0.3) is 0 Å². The summed E-state index contributed by atoms with van der Waals surface area (Å²) in [6.45, 7) is 4.46. The van der Waals surface area contributed by atoms with Gasteiger partial charge in [-0.3, -0.25) is 0 Å². The first-order chi connectivity index (χ1) is 14.2. The van der Waals surface area contributed by atoms with Gasteiger partial charge in [-0.15, -0.1) is 0 Å². The molecule has 1 saturated heterocycles. The smallest absolute Gasteiger partial charge is 0.138 e. The van der Waals surface area contributed by atoms with Crippen LogP contribution in [0.5, 0.6) is 5.75 Å². The number of fused-ring (bicyclic) bond motifs is 1. The summed E-state index contributed by atoms with van der Waals surface area (Å²) < 4.78 is 7.41. The van der Waals surface area contributed by atoms with Gasteiger partial charge >= 0.3 is 0 Å². The van der Waals surface area contributed by atoms with E-state index in [9.17, 15) is 5.26 Å². The number of pyridine rings is 2. The van der Waals surface area contributed by atoms with Crippen LogP contribution in [0.4, 0.5) is 5.82 Å². The lowest BCUT2D eigenvalue weighted by molar-refractivity contribution is 0.233. The van der Waals surface area contributed by atoms with Gasteiger partial charge in [-0.2, -0.15) is 10.4 Å². The van der Waals surface area contributed by atoms with Gasteiger partial charge in [0.15, 0.2) is 0 Å². The van der Waals surface area contributed by atoms with Crippen LogP contribution in [0.25, 0.3) is 16.6 Å². The molecular formula is C21H24N6O2. The van der Waals surface area contributed by atoms with Crippen LogP contribution in [0.1, 0.15) is 12.0 Å². The van der Waals surface area contributed by atoms with Gasteiger partial charge in [0, 0.05) is 56.5 Å². The van der Waals surface area contributed by atoms with Crippen molar-refractivity contribution in [1.82, 2.24) is 19.5 Å². The van der Waals surface area contributed by atoms with E-state index in [1.807, 2.05) is 24.4 Å². The first-order valence-corrected chi connectivity index (χ1v) is 9.74. The summed E-state index contributed by atoms with van der Waals surface area (Å²) in [5.41, 5.74) is 2.98. The van der Waals surface area contributed by atoms with Crippen LogP contribution in [0.15, 0.2) is 36.8 Å². The average Bonchev–Trinajstić information content (AvgIpc) is 3.17. The quantitative estimate of drug-likeness (QED) is 0.640. The van der Waals surface area contributed by atoms with Gasteiger partial charge in [-0.25, -0.2) is 9.50 Å². The summed E-state index contributed by atoms with van der Waals surface area (Å²) in [6.07, 6.45) is 5.71. The molecule has 0 aromatic carbocycles. The number of hydrogen-bond acceptors (Lipinski definition) is 7. The van der Waals surface area contributed by atoms with Gasteiger partial charge in [0.05, 0.1) is 30.1 Å². The number of nitrogens with zero attached hydrogens (tertiary/aromatic N) is 6. The summed E-state index contributed by atoms with van der Waals surface area (Å²) in [5, 5.41) is 22.8. The fourth-order valence-electron chi connectivity index (χ4n) is 3.50. The van der Waals surface area contributed by atoms with E-state index in [1.165, 1.54) is 0 Å². The minimum absolute atomic E-state index is 0.0765. The number of likely N-dealkylation sites (N-methyl/N-ethyl adjacent to an activating group) is 1. The molecule has 150 valence electrons. The number of piperazine rings is 1. The standard InChI is InChI=1S/C21H24N6O2/c1-25-5-7-26(8-6-25)20-4-3-16(13-23-20)19-11-18(29-10-2-9-28)15-27-21(19)17(12-22)14-24-27/h3-4,11,13-15,28H,2,5-10H2,1H3. The van der Waals surface area contributed by atoms with Gasteiger partial charge in [0.2, 0.25) is 0 Å². The number of hydrogen-bond donors (Lipinski definition) is 1. The van der Waals surface area contributed by atoms with Gasteiger partial charge in [-0.05, 0) is 25.2 Å². The zero-order valence-corrected chi connectivity index (χ0v) is 16.5. The van der Waals surface area contributed by atoms with Crippen molar-refractivity contribution in [3.05, 3.63) is 42.4 Å². The van der Waals surface area contributed by atoms with Crippen LogP contribution in [0.3, 0.4) is 0 Å². The van der Waals surface area contributed by atoms with E-state index in [-0.39, 0.29) is 6.61 Å². The summed E-state index contributed by atoms with van der Waals surface area (Å²) in [7, 11) is 2.13. The van der Waals surface area contributed by atoms with Crippen molar-refractivity contribution in [2.24, 2.45) is 0 Å². The number of rotatable bonds is 6. The van der Waals surface area contributed by atoms with Crippen LogP contribution < -0.4 is 9.64 Å². The van der Waals surface area contributed by atoms with E-state index in [2.05, 4.69) is 33.0 Å². The fourth-order valence-corrected chi connectivity index (χ4v) is 3.50. The van der Waals surface area contributed by atoms with Crippen molar-refractivity contribution >= 4 is 11.3 Å². The topological polar surface area (TPSA) is 89.9 Å². The van der Waals surface area contributed by atoms with Crippen LogP contribution in [-0.2, 0) is 0 Å². The Morgan fingerprint density at radius 3 is 2.72 bits per heavy atom. The summed E-state index contributed by atoms with van der Waals surface area (Å²) in [6, 6.07) is 8.17. The van der Waals surface area contributed by atoms with Gasteiger partial charge in [-0.1, -0.05) is 0 Å². The maximum absolute atomic E-state index is 9.49. The zero-order chi connectivity index (χ0) is 20.2. The molecule has 3 aromatic rings. The number of aliphatic hydroxyl groups is 1. The van der Waals surface area contributed by atoms with Crippen molar-refractivity contribution in [3.63, 3.8) is 0 Å². The Morgan fingerprint density at radius 1 is 1.21 bits per heavy atom. The normalized spacial score (nSPS) is 14.9. The van der Waals surface area contributed by atoms with Crippen LogP contribution >= 0.6 is 0 Å². The number of ether oxygens (including phenoxy) is 1. The van der Waals surface area contributed by atoms with E-state index < -0.39 is 0 Å². The van der Waals surface area contributed by atoms with Crippen molar-refractivity contribution in [3.8, 4) is 22.9 Å². The highest BCUT2D eigenvalue weighted by Gasteiger charge is 2.17. The summed E-state index contributed by atoms with van der Waals surface area (Å²) >= 11 is 0. The molecule has 0 spiro atoms. The molecule has 1 N–H and O–H groups in total. The highest BCUT2D eigenvalue weighted by molar-refractivity contribution is 5.85. The second kappa shape index (κ2) is 8.47. The summed E-state index contributed by atoms with van der Waals surface area (Å²) in [5.74, 6) is 1.60. The van der Waals surface area contributed by atoms with Crippen molar-refractivity contribution in [2.45, 2.75) is 6.42 Å². The van der Waals surface area contributed by atoms with Crippen molar-refractivity contribution in [2.75, 3.05) is 51.3 Å². The molecule has 29 heavy (non-hydrogen) atoms. The number of nitriles is 1. The van der Waals surface area contributed by atoms with E-state index in [1.54, 1.807) is 16.9 Å². The second-order valence-corrected chi connectivity index (χ2v) is 7.17. The first kappa shape index (κ1) is 19.2. The SMILES string of the molecule is CN1CCN(c2ccc(-c3cc(OCCCO)cn4ncc(C#N)c34)cn2)CC1. The lowest BCUT2D eigenvalue weighted by Gasteiger charge is -2.33. The molecule has 4 heterocycles. The molecule has 0 unspecified atom stereocenters. The molecule has 0 bridgehead atoms. The predicted molar refractivity (Wildman–Crippen MR) is 110 cm³/mol. The lowest BCUT2D eigenvalue weighted by Crippen LogP contribution is -2.44. The lowest BCUT2D eigenvalue weighted by atomic mass is 10.1. The van der Waals surface area contributed by atoms with E-state index in [0.29, 0.717) is 24.3 Å². The number of aliphatic hydroxyl groups excluding tert-OH is 1. The molecule has 4 rings (SSSR count). The Balaban J connectivity index is 1.68. The Kier molecular flexibility index (Phi) is 5.60. The molecule has 0 radical (unpaired) electrons. The van der Waals surface area contributed by atoms with Crippen molar-refractivity contribution < 1.29 is 9.84 Å². The van der Waals surface area contributed by atoms with E-state index >= 15 is 0 Å². The highest BCUT2D eigenvalue weighted by Crippen LogP contribution is 2.31. The average molecular weight is 392 g/mol. The minimum atomic E-state index is 0.0765. The second-order valence-electron chi connectivity index (χ2n) is 7.17. The highest BCUT2D eigenvalue weighted by atomic mass is 16.5. The molecule has 3 aromatic heterocycles. The molecule has 0 atom stereocenters. The minimum Gasteiger partial charge on any atom is -0.492 e. The van der Waals surface area contributed by atoms with E-state index in [0.717, 1.165) is 48.6 Å². The molecule has 0 amide bonds. The predicted octanol–water partition coefficient (Wildman–Crippen LogP) is 1.78. The zero-order valence-electron chi connectivity index (χ0n) is 16.5. The third-order valence-corrected chi connectivity index (χ3v) is 5.16. The Hall–Kier alpha value is -3.15. The Labute approximate surface area is 169 Å². The number of aromatic nitrogens is 3. The van der Waals surface area contributed by atoms with E-state index in [4.69, 9.17) is 9.84 Å². The van der Waals surface area contributed by atoms with Crippen molar-refractivity contribution in [1.29, 1.82) is 5.26 Å². The van der Waals surface area contributed by atoms with Gasteiger partial charge in [0.1, 0.15) is 17.6 Å². The molecule has 8 heteroatoms. The fraction of sp³-hybridized carbons (Fsp3) is 0.381. The molecular weight excluding hydrogens is 368 g/mol. The molecule has 0 saturated carbocycles. The Morgan fingerprint density at radius 2 is 2.03 bits per heavy atom. The van der Waals surface area contributed by atoms with Gasteiger partial charge < -0.3 is 19.6 Å². The molecule has 1 aliphatic heterocycles. The maximum Gasteiger partial charge on any atom is 0.138 e. The Bertz CT molecular complexity index is 1020. The molecule has 0 aliphatic carbocycles. The third-order valence-electron chi connectivity index (χ3n) is 5.16. The van der Waals surface area contributed by atoms with Crippen LogP contribution in [-0.4, -0.2) is 71.0 Å². The third kappa shape index (κ3) is 4.01. The molecule has 1 aliphatic rings. The maximum atomic E-state index is 9.49. The van der Waals surface area contributed by atoms with Crippen LogP contribution in [0, 0.1) is 11.3 Å². The van der Waals surface area contributed by atoms with Crippen LogP contribution in [0.2, 0.25) is 0 Å². The first-order valence-electron chi connectivity index (χ1n) is 9.74. The molecule has 1 fully saturated rings. The largest absolute Gasteiger partial charge is 0.492 e. The molecule has 8 nitrogen and oxygen atoms in total. The monoisotopic (exact) mass is 392 g/mol. The summed E-state index contributed by atoms with van der Waals surface area (Å²) in [4.78, 5) is 9.27. The number of anilines is 1.